The van der Waals surface area contributed by atoms with Crippen molar-refractivity contribution in [1.82, 2.24) is 0 Å². The van der Waals surface area contributed by atoms with Gasteiger partial charge in [0.05, 0.1) is 33.2 Å². The molecule has 0 aromatic heterocycles. The molecule has 10 aliphatic rings. The van der Waals surface area contributed by atoms with Gasteiger partial charge in [-0.05, 0) is 234 Å². The minimum atomic E-state index is -4.98. The van der Waals surface area contributed by atoms with E-state index >= 15 is 0 Å². The maximum atomic E-state index is 14.5. The van der Waals surface area contributed by atoms with Crippen LogP contribution in [0.3, 0.4) is 0 Å². The van der Waals surface area contributed by atoms with Gasteiger partial charge in [0.15, 0.2) is 5.96 Å². The average molecular weight is 1340 g/mol. The minimum absolute atomic E-state index is 0. The van der Waals surface area contributed by atoms with E-state index in [1.807, 2.05) is 30.3 Å². The smallest absolute Gasteiger partial charge is 0.748 e. The second-order valence-electron chi connectivity index (χ2n) is 30.8. The number of aliphatic imine (C=N–C) groups is 1. The summed E-state index contributed by atoms with van der Waals surface area (Å²) in [6, 6.07) is 51.7. The first-order valence-corrected chi connectivity index (χ1v) is 37.7. The van der Waals surface area contributed by atoms with Crippen LogP contribution in [0.2, 0.25) is 0 Å². The van der Waals surface area contributed by atoms with Gasteiger partial charge >= 0.3 is 29.6 Å². The molecule has 5 heterocycles. The molecule has 3 saturated carbocycles. The second-order valence-corrected chi connectivity index (χ2v) is 32.4. The first-order chi connectivity index (χ1) is 46.9. The van der Waals surface area contributed by atoms with Gasteiger partial charge in [0, 0.05) is 48.0 Å². The number of phenolic OH excluding ortho intramolecular Hbond substituents is 1. The van der Waals surface area contributed by atoms with Crippen molar-refractivity contribution >= 4 is 26.9 Å². The molecule has 18 unspecified atom stereocenters. The molecule has 12 nitrogen and oxygen atoms in total. The predicted molar refractivity (Wildman–Crippen MR) is 380 cm³/mol. The maximum Gasteiger partial charge on any atom is 1.00 e. The molecule has 10 bridgehead atoms. The fourth-order valence-corrected chi connectivity index (χ4v) is 21.4. The van der Waals surface area contributed by atoms with Crippen LogP contribution in [0.5, 0.6) is 11.5 Å². The minimum Gasteiger partial charge on any atom is -0.748 e. The summed E-state index contributed by atoms with van der Waals surface area (Å²) in [5.74, 6) is 5.39. The molecule has 8 N–H and O–H groups in total. The molecule has 14 heteroatoms. The Morgan fingerprint density at radius 3 is 2.32 bits per heavy atom. The van der Waals surface area contributed by atoms with E-state index in [0.29, 0.717) is 92.9 Å². The number of fused-ring (bicyclic) bond motifs is 10. The molecule has 0 radical (unpaired) electrons. The first-order valence-electron chi connectivity index (χ1n) is 36.2. The van der Waals surface area contributed by atoms with Crippen LogP contribution < -0.4 is 45.8 Å². The third-order valence-corrected chi connectivity index (χ3v) is 26.3. The monoisotopic (exact) mass is 1340 g/mol. The molecule has 1 saturated heterocycles. The van der Waals surface area contributed by atoms with E-state index in [9.17, 15) is 33.4 Å². The Kier molecular flexibility index (Phi) is 19.9. The van der Waals surface area contributed by atoms with Crippen molar-refractivity contribution in [2.24, 2.45) is 63.8 Å². The predicted octanol–water partition coefficient (Wildman–Crippen LogP) is 12.1. The standard InChI is InChI=1S/C84H95N3O9S.Na/c1-50-10-8-15-58(38-50)71-34-27-55-14-6-7-17-69(55)74(71)46-78(90)56-22-20-54(21-23-56)61-26-28-64-31-37-76(77(83(64,91)48-61)40-52-11-4-3-5-12-52)84(87-82(85)86)65-29-24-57(25-30-65)80-62-41-63(81-72-35-32-66(89)42-59(72)16-9-13-53(49-88)39-68(44-62)95-81)45-75(80)79(97(92,93)94)47-73-51(2)18-19-60-43-67(96-84)33-36-70(60)73;/h3-7,11-12,14,17,20-25,27,29-30,32-36,42-43,45,50-51,53,58,61-62,64,68,73,75-81,88-91H,8,10,13,15,18-19,26,28,31,37-41,44,46-49H2,1-2H3,(H4,85,86,87)(H,92,93,94);/q;+1/p-1. The van der Waals surface area contributed by atoms with Gasteiger partial charge in [0.25, 0.3) is 0 Å². The summed E-state index contributed by atoms with van der Waals surface area (Å²) < 4.78 is 58.6. The number of rotatable bonds is 11. The Morgan fingerprint density at radius 2 is 1.54 bits per heavy atom. The largest absolute Gasteiger partial charge is 1.00 e. The van der Waals surface area contributed by atoms with Gasteiger partial charge in [-0.25, -0.2) is 13.4 Å². The van der Waals surface area contributed by atoms with E-state index in [1.54, 1.807) is 12.1 Å². The molecule has 0 spiro atoms. The van der Waals surface area contributed by atoms with Gasteiger partial charge in [-0.3, -0.25) is 0 Å². The number of hydrogen-bond acceptors (Lipinski definition) is 10. The third-order valence-electron chi connectivity index (χ3n) is 25.0. The van der Waals surface area contributed by atoms with Crippen LogP contribution in [0.1, 0.15) is 207 Å². The van der Waals surface area contributed by atoms with E-state index in [0.717, 1.165) is 63.8 Å². The van der Waals surface area contributed by atoms with Crippen LogP contribution in [0.4, 0.5) is 0 Å². The Balaban J connectivity index is 0.00000821. The molecule has 7 aromatic rings. The van der Waals surface area contributed by atoms with Crippen LogP contribution in [0.15, 0.2) is 168 Å². The van der Waals surface area contributed by atoms with Gasteiger partial charge in [0.1, 0.15) is 17.6 Å². The normalized spacial score (nSPS) is 32.2. The molecule has 18 atom stereocenters. The molecule has 17 rings (SSSR count). The zero-order valence-electron chi connectivity index (χ0n) is 57.0. The van der Waals surface area contributed by atoms with Gasteiger partial charge in [0.2, 0.25) is 5.72 Å². The molecular weight excluding hydrogens is 1250 g/mol. The fourth-order valence-electron chi connectivity index (χ4n) is 20.3. The summed E-state index contributed by atoms with van der Waals surface area (Å²) in [7, 11) is -4.98. The van der Waals surface area contributed by atoms with Crippen LogP contribution in [0.25, 0.3) is 10.8 Å². The second kappa shape index (κ2) is 28.3. The van der Waals surface area contributed by atoms with Crippen LogP contribution in [-0.4, -0.2) is 62.9 Å². The summed E-state index contributed by atoms with van der Waals surface area (Å²) >= 11 is 0. The molecule has 7 aromatic carbocycles. The molecule has 5 aliphatic heterocycles. The first kappa shape index (κ1) is 68.8. The number of aromatic hydroxyl groups is 1. The number of nitrogens with two attached hydrogens (primary N) is 2. The molecular formula is C84H94N3NaO9S. The summed E-state index contributed by atoms with van der Waals surface area (Å²) in [4.78, 5) is 5.39. The number of aliphatic hydroxyl groups is 3. The summed E-state index contributed by atoms with van der Waals surface area (Å²) in [5, 5.41) is 49.3. The molecule has 98 heavy (non-hydrogen) atoms. The van der Waals surface area contributed by atoms with Crippen molar-refractivity contribution in [2.75, 3.05) is 6.61 Å². The number of nitrogens with zero attached hydrogens (tertiary/aromatic N) is 1. The number of allylic oxidation sites excluding steroid dienone is 1. The topological polar surface area (TPSA) is 221 Å². The summed E-state index contributed by atoms with van der Waals surface area (Å²) in [5.41, 5.74) is 22.3. The Bertz CT molecular complexity index is 4300. The SMILES string of the molecule is CC1CCCC(c2ccc3ccccc3c2CC(O)c2ccc(C3CCC4CCC(C5(N=C(N)N)Oc6ccc7c(c6)CCC(C)C7CC(S(=O)(=O)[O-])C6C=C7CC(CC8CC(CO)CC#Cc9cc(O)ccc9C7O8)C6c6ccc5cc6)C(Cc5ccccc5)C4(O)C3)cc2)C1.[Na+]. The van der Waals surface area contributed by atoms with Crippen molar-refractivity contribution in [1.29, 1.82) is 0 Å². The molecule has 0 amide bonds. The van der Waals surface area contributed by atoms with Crippen molar-refractivity contribution in [3.63, 3.8) is 0 Å². The van der Waals surface area contributed by atoms with Gasteiger partial charge in [-0.1, -0.05) is 172 Å². The third kappa shape index (κ3) is 13.4. The van der Waals surface area contributed by atoms with Crippen LogP contribution in [0, 0.1) is 59.2 Å². The number of ether oxygens (including phenoxy) is 2. The number of aryl methyl sites for hydroxylation is 1. The average Bonchev–Trinajstić information content (AvgIpc) is 0.907. The van der Waals surface area contributed by atoms with Crippen LogP contribution in [-0.2, 0) is 39.8 Å². The number of guanidine groups is 1. The fraction of sp³-hybridized carbons (Fsp3) is 0.464. The van der Waals surface area contributed by atoms with Crippen molar-refractivity contribution in [3.05, 3.63) is 225 Å². The quantitative estimate of drug-likeness (QED) is 0.0179. The Morgan fingerprint density at radius 1 is 0.786 bits per heavy atom. The van der Waals surface area contributed by atoms with Gasteiger partial charge < -0.3 is 45.9 Å². The Hall–Kier alpha value is -6.28. The van der Waals surface area contributed by atoms with E-state index in [4.69, 9.17) is 25.9 Å². The molecule has 506 valence electrons. The molecule has 5 aliphatic carbocycles. The Labute approximate surface area is 601 Å². The van der Waals surface area contributed by atoms with E-state index in [-0.39, 0.29) is 95.9 Å². The van der Waals surface area contributed by atoms with Crippen molar-refractivity contribution in [3.8, 4) is 23.3 Å². The van der Waals surface area contributed by atoms with Crippen molar-refractivity contribution in [2.45, 2.75) is 188 Å². The number of hydrogen-bond donors (Lipinski definition) is 6. The molecule has 4 fully saturated rings. The van der Waals surface area contributed by atoms with Crippen molar-refractivity contribution < 1.29 is 72.4 Å². The zero-order chi connectivity index (χ0) is 66.9. The van der Waals surface area contributed by atoms with Crippen LogP contribution >= 0.6 is 0 Å². The summed E-state index contributed by atoms with van der Waals surface area (Å²) in [6.45, 7) is 4.45. The maximum absolute atomic E-state index is 14.5. The van der Waals surface area contributed by atoms with E-state index < -0.39 is 62.6 Å². The van der Waals surface area contributed by atoms with Gasteiger partial charge in [-0.2, -0.15) is 0 Å². The van der Waals surface area contributed by atoms with E-state index in [1.165, 1.54) is 47.6 Å². The summed E-state index contributed by atoms with van der Waals surface area (Å²) in [6.07, 6.45) is 13.4. The van der Waals surface area contributed by atoms with E-state index in [2.05, 4.69) is 141 Å². The number of benzene rings is 7. The number of phenols is 1. The number of aliphatic hydroxyl groups excluding tert-OH is 2. The van der Waals surface area contributed by atoms with Gasteiger partial charge in [-0.15, -0.1) is 0 Å². The zero-order valence-corrected chi connectivity index (χ0v) is 59.8.